The zero-order chi connectivity index (χ0) is 45.6. The fourth-order valence-electron chi connectivity index (χ4n) is 5.02. The average Bonchev–Trinajstić information content (AvgIpc) is 4.00. The van der Waals surface area contributed by atoms with E-state index in [2.05, 4.69) is 19.9 Å². The Balaban J connectivity index is 0.000000268. The van der Waals surface area contributed by atoms with Crippen molar-refractivity contribution in [2.75, 3.05) is 6.61 Å². The number of nitrogens with zero attached hydrogens (tertiary/aromatic N) is 1. The molecule has 3 heterocycles. The fraction of sp³-hybridized carbons (Fsp3) is 0.250. The van der Waals surface area contributed by atoms with Crippen molar-refractivity contribution in [3.05, 3.63) is 120 Å². The van der Waals surface area contributed by atoms with Crippen LogP contribution in [0, 0.1) is 0 Å². The smallest absolute Gasteiger partial charge is 0.322 e. The fourth-order valence-corrected chi connectivity index (χ4v) is 5.02. The van der Waals surface area contributed by atoms with Crippen molar-refractivity contribution < 1.29 is 59.7 Å². The van der Waals surface area contributed by atoms with Crippen LogP contribution in [0.4, 0.5) is 0 Å². The van der Waals surface area contributed by atoms with Gasteiger partial charge < -0.3 is 79.4 Å². The van der Waals surface area contributed by atoms with Gasteiger partial charge in [0.15, 0.2) is 0 Å². The van der Waals surface area contributed by atoms with Crippen LogP contribution in [0.2, 0.25) is 0 Å². The molecule has 3 aromatic carbocycles. The van der Waals surface area contributed by atoms with Crippen LogP contribution in [0.15, 0.2) is 97.7 Å². The number of aliphatic carboxylic acids is 5. The van der Waals surface area contributed by atoms with Crippen molar-refractivity contribution in [3.63, 3.8) is 0 Å². The number of rotatable bonds is 14. The summed E-state index contributed by atoms with van der Waals surface area (Å²) in [4.78, 5) is 64.2. The predicted molar refractivity (Wildman–Crippen MR) is 223 cm³/mol. The lowest BCUT2D eigenvalue weighted by Gasteiger charge is -2.05. The maximum Gasteiger partial charge on any atom is 0.322 e. The Morgan fingerprint density at radius 1 is 0.525 bits per heavy atom. The van der Waals surface area contributed by atoms with Crippen LogP contribution in [0.1, 0.15) is 22.4 Å². The molecule has 0 saturated carbocycles. The molecule has 6 aromatic rings. The molecule has 3 aromatic heterocycles. The third-order valence-electron chi connectivity index (χ3n) is 8.40. The Bertz CT molecular complexity index is 2190. The first-order valence-electron chi connectivity index (χ1n) is 18.2. The quantitative estimate of drug-likeness (QED) is 0.0703. The Morgan fingerprint density at radius 2 is 0.918 bits per heavy atom. The summed E-state index contributed by atoms with van der Waals surface area (Å²) >= 11 is 0. The van der Waals surface area contributed by atoms with E-state index >= 15 is 0 Å². The second-order valence-corrected chi connectivity index (χ2v) is 13.2. The molecule has 21 nitrogen and oxygen atoms in total. The number of imidazole rings is 1. The van der Waals surface area contributed by atoms with Gasteiger partial charge in [-0.05, 0) is 47.4 Å². The molecule has 0 amide bonds. The molecule has 0 aliphatic rings. The number of nitrogens with one attached hydrogen (secondary N) is 3. The molecule has 5 atom stereocenters. The molecular weight excluding hydrogens is 798 g/mol. The Kier molecular flexibility index (Phi) is 20.8. The number of nitrogens with two attached hydrogens (primary N) is 5. The zero-order valence-corrected chi connectivity index (χ0v) is 32.7. The molecule has 6 rings (SSSR count). The topological polar surface area (TPSA) is 417 Å². The number of hydrogen-bond acceptors (Lipinski definition) is 13. The standard InChI is InChI=1S/2C11H12N2O2.C9H11NO3.C6H9N3O2.C3H7NO3/c2*12-9(11(14)15)5-7-6-13-10-4-2-1-3-8(7)10;10-8(9(12)13)5-6-1-3-7(11)4-2-6;7-5(6(10)11)1-4-2-8-3-9-4;4-2(1-5)3(6)7/h2*1-4,6,9,13H,5,12H2,(H,14,15);1-4,8,11H,5,10H2,(H,12,13);2-3,5H,1,7H2,(H,8,9)(H,10,11);2,5H,1,4H2,(H,6,7). The minimum atomic E-state index is -1.18. The highest BCUT2D eigenvalue weighted by molar-refractivity contribution is 5.85. The summed E-state index contributed by atoms with van der Waals surface area (Å²) in [7, 11) is 0. The van der Waals surface area contributed by atoms with Crippen LogP contribution < -0.4 is 28.7 Å². The lowest BCUT2D eigenvalue weighted by atomic mass is 10.1. The molecule has 0 saturated heterocycles. The minimum absolute atomic E-state index is 0.160. The van der Waals surface area contributed by atoms with Crippen molar-refractivity contribution in [1.29, 1.82) is 0 Å². The molecule has 5 unspecified atom stereocenters. The molecule has 61 heavy (non-hydrogen) atoms. The number of H-pyrrole nitrogens is 3. The molecule has 328 valence electrons. The van der Waals surface area contributed by atoms with Gasteiger partial charge in [-0.1, -0.05) is 48.5 Å². The van der Waals surface area contributed by atoms with Gasteiger partial charge >= 0.3 is 29.8 Å². The van der Waals surface area contributed by atoms with Crippen LogP contribution in [0.25, 0.3) is 21.8 Å². The second kappa shape index (κ2) is 25.4. The number of aromatic amines is 3. The number of aromatic nitrogens is 4. The van der Waals surface area contributed by atoms with Crippen LogP contribution in [-0.4, -0.2) is 122 Å². The number of para-hydroxylation sites is 2. The van der Waals surface area contributed by atoms with Gasteiger partial charge in [0.05, 0.1) is 12.9 Å². The molecule has 0 bridgehead atoms. The number of phenolic OH excluding ortho intramolecular Hbond substituents is 1. The number of fused-ring (bicyclic) bond motifs is 2. The minimum Gasteiger partial charge on any atom is -0.508 e. The normalized spacial score (nSPS) is 12.8. The number of carboxylic acids is 5. The van der Waals surface area contributed by atoms with Gasteiger partial charge in [0.1, 0.15) is 36.0 Å². The number of benzene rings is 3. The number of carboxylic acid groups (broad SMARTS) is 5. The highest BCUT2D eigenvalue weighted by Crippen LogP contribution is 2.20. The number of phenols is 1. The van der Waals surface area contributed by atoms with E-state index in [1.165, 1.54) is 18.5 Å². The number of aromatic hydroxyl groups is 1. The second-order valence-electron chi connectivity index (χ2n) is 13.2. The SMILES string of the molecule is NC(CO)C(=O)O.NC(Cc1c[nH]c2ccccc12)C(=O)O.NC(Cc1c[nH]c2ccccc12)C(=O)O.NC(Cc1ccc(O)cc1)C(=O)O.NC(Cc1cnc[nH]1)C(=O)O. The van der Waals surface area contributed by atoms with Crippen LogP contribution >= 0.6 is 0 Å². The van der Waals surface area contributed by atoms with E-state index in [1.807, 2.05) is 60.9 Å². The monoisotopic (exact) mass is 849 g/mol. The summed E-state index contributed by atoms with van der Waals surface area (Å²) in [5, 5.41) is 61.3. The third-order valence-corrected chi connectivity index (χ3v) is 8.40. The molecule has 0 radical (unpaired) electrons. The number of carbonyl (C=O) groups is 5. The third kappa shape index (κ3) is 17.7. The van der Waals surface area contributed by atoms with E-state index in [4.69, 9.17) is 64.4 Å². The van der Waals surface area contributed by atoms with Crippen LogP contribution in [-0.2, 0) is 49.7 Å². The largest absolute Gasteiger partial charge is 0.508 e. The average molecular weight is 850 g/mol. The van der Waals surface area contributed by atoms with E-state index in [-0.39, 0.29) is 18.6 Å². The first-order chi connectivity index (χ1) is 28.8. The Hall–Kier alpha value is -7.14. The van der Waals surface area contributed by atoms with Gasteiger partial charge in [-0.2, -0.15) is 0 Å². The van der Waals surface area contributed by atoms with Crippen LogP contribution in [0.5, 0.6) is 5.75 Å². The molecule has 0 fully saturated rings. The highest BCUT2D eigenvalue weighted by atomic mass is 16.4. The van der Waals surface area contributed by atoms with Crippen molar-refractivity contribution in [2.24, 2.45) is 28.7 Å². The first-order valence-corrected chi connectivity index (χ1v) is 18.2. The Labute approximate surface area is 347 Å². The van der Waals surface area contributed by atoms with Crippen LogP contribution in [0.3, 0.4) is 0 Å². The number of aliphatic hydroxyl groups is 1. The van der Waals surface area contributed by atoms with Gasteiger partial charge in [-0.3, -0.25) is 24.0 Å². The molecule has 0 spiro atoms. The van der Waals surface area contributed by atoms with Crippen molar-refractivity contribution in [3.8, 4) is 5.75 Å². The highest BCUT2D eigenvalue weighted by Gasteiger charge is 2.16. The lowest BCUT2D eigenvalue weighted by molar-refractivity contribution is -0.140. The maximum absolute atomic E-state index is 10.6. The first kappa shape index (κ1) is 50.0. The summed E-state index contributed by atoms with van der Waals surface area (Å²) in [6, 6.07) is 17.3. The molecule has 0 aliphatic heterocycles. The zero-order valence-electron chi connectivity index (χ0n) is 32.7. The molecule has 21 heteroatoms. The molecule has 0 aliphatic carbocycles. The van der Waals surface area contributed by atoms with Crippen molar-refractivity contribution in [1.82, 2.24) is 19.9 Å². The maximum atomic E-state index is 10.6. The lowest BCUT2D eigenvalue weighted by Crippen LogP contribution is -2.33. The van der Waals surface area contributed by atoms with E-state index < -0.39 is 66.7 Å². The van der Waals surface area contributed by atoms with Gasteiger partial charge in [0.25, 0.3) is 0 Å². The predicted octanol–water partition coefficient (Wildman–Crippen LogP) is 0.346. The summed E-state index contributed by atoms with van der Waals surface area (Å²) in [6.45, 7) is -0.505. The molecular formula is C40H51N9O12. The summed E-state index contributed by atoms with van der Waals surface area (Å²) < 4.78 is 0. The van der Waals surface area contributed by atoms with Gasteiger partial charge in [-0.25, -0.2) is 4.98 Å². The van der Waals surface area contributed by atoms with E-state index in [0.717, 1.165) is 44.2 Å². The van der Waals surface area contributed by atoms with Gasteiger partial charge in [0, 0.05) is 65.4 Å². The number of hydrogen-bond donors (Lipinski definition) is 15. The van der Waals surface area contributed by atoms with E-state index in [0.29, 0.717) is 12.8 Å². The summed E-state index contributed by atoms with van der Waals surface area (Å²) in [5.74, 6) is -4.98. The van der Waals surface area contributed by atoms with E-state index in [9.17, 15) is 24.0 Å². The van der Waals surface area contributed by atoms with Crippen molar-refractivity contribution in [2.45, 2.75) is 55.9 Å². The Morgan fingerprint density at radius 3 is 1.28 bits per heavy atom. The summed E-state index contributed by atoms with van der Waals surface area (Å²) in [5.41, 5.74) is 31.8. The van der Waals surface area contributed by atoms with Crippen molar-refractivity contribution >= 4 is 51.7 Å². The van der Waals surface area contributed by atoms with Gasteiger partial charge in [-0.15, -0.1) is 0 Å². The van der Waals surface area contributed by atoms with E-state index in [1.54, 1.807) is 18.3 Å². The molecule has 20 N–H and O–H groups in total. The summed E-state index contributed by atoms with van der Waals surface area (Å²) in [6.07, 6.45) is 7.93. The number of aliphatic hydroxyl groups excluding tert-OH is 1. The van der Waals surface area contributed by atoms with Gasteiger partial charge in [0.2, 0.25) is 0 Å².